The van der Waals surface area contributed by atoms with Gasteiger partial charge in [0.05, 0.1) is 28.3 Å². The number of rotatable bonds is 6. The number of aromatic nitrogens is 1. The molecule has 1 heterocycles. The molecule has 2 amide bonds. The van der Waals surface area contributed by atoms with E-state index in [0.717, 1.165) is 0 Å². The molecule has 150 valence electrons. The van der Waals surface area contributed by atoms with Crippen LogP contribution in [-0.2, 0) is 11.8 Å². The largest absolute Gasteiger partial charge is 0.383 e. The molecule has 29 heavy (non-hydrogen) atoms. The van der Waals surface area contributed by atoms with Crippen molar-refractivity contribution in [2.75, 3.05) is 25.6 Å². The lowest BCUT2D eigenvalue weighted by molar-refractivity contribution is 0.0937. The number of hydrogen-bond donors (Lipinski definition) is 2. The van der Waals surface area contributed by atoms with Crippen LogP contribution in [0.3, 0.4) is 0 Å². The predicted octanol–water partition coefficient (Wildman–Crippen LogP) is 2.82. The van der Waals surface area contributed by atoms with Gasteiger partial charge in [-0.2, -0.15) is 0 Å². The lowest BCUT2D eigenvalue weighted by atomic mass is 10.1. The lowest BCUT2D eigenvalue weighted by Crippen LogP contribution is -2.27. The third-order valence-electron chi connectivity index (χ3n) is 4.46. The van der Waals surface area contributed by atoms with E-state index < -0.39 is 5.91 Å². The van der Waals surface area contributed by atoms with Crippen LogP contribution in [0.25, 0.3) is 10.9 Å². The molecule has 3 rings (SSSR count). The van der Waals surface area contributed by atoms with Crippen LogP contribution in [0.4, 0.5) is 5.69 Å². The average molecular weight is 414 g/mol. The van der Waals surface area contributed by atoms with Gasteiger partial charge in [-0.25, -0.2) is 0 Å². The van der Waals surface area contributed by atoms with E-state index in [1.807, 2.05) is 0 Å². The number of ether oxygens (including phenoxy) is 1. The van der Waals surface area contributed by atoms with Crippen LogP contribution >= 0.6 is 11.6 Å². The first-order valence-corrected chi connectivity index (χ1v) is 9.27. The van der Waals surface area contributed by atoms with Crippen molar-refractivity contribution >= 4 is 40.0 Å². The Hall–Kier alpha value is -3.16. The number of para-hydroxylation sites is 1. The summed E-state index contributed by atoms with van der Waals surface area (Å²) < 4.78 is 6.38. The second kappa shape index (κ2) is 8.89. The Morgan fingerprint density at radius 2 is 1.83 bits per heavy atom. The van der Waals surface area contributed by atoms with Gasteiger partial charge in [-0.1, -0.05) is 29.8 Å². The molecule has 2 aromatic carbocycles. The number of hydrogen-bond acceptors (Lipinski definition) is 4. The van der Waals surface area contributed by atoms with Crippen molar-refractivity contribution in [1.29, 1.82) is 0 Å². The van der Waals surface area contributed by atoms with Crippen LogP contribution in [0.1, 0.15) is 20.7 Å². The Morgan fingerprint density at radius 3 is 2.55 bits per heavy atom. The number of nitrogens with zero attached hydrogens (tertiary/aromatic N) is 1. The number of pyridine rings is 1. The van der Waals surface area contributed by atoms with E-state index in [1.165, 1.54) is 22.8 Å². The number of anilines is 1. The maximum absolute atomic E-state index is 12.8. The normalized spacial score (nSPS) is 10.7. The molecule has 0 bridgehead atoms. The zero-order chi connectivity index (χ0) is 21.0. The first-order chi connectivity index (χ1) is 13.9. The molecule has 0 saturated heterocycles. The van der Waals surface area contributed by atoms with E-state index in [4.69, 9.17) is 16.3 Å². The maximum Gasteiger partial charge on any atom is 0.256 e. The summed E-state index contributed by atoms with van der Waals surface area (Å²) in [6.45, 7) is 0.752. The summed E-state index contributed by atoms with van der Waals surface area (Å²) in [5, 5.41) is 6.28. The Bertz CT molecular complexity index is 1140. The molecule has 3 aromatic rings. The maximum atomic E-state index is 12.8. The summed E-state index contributed by atoms with van der Waals surface area (Å²) in [5.41, 5.74) is 1.35. The van der Waals surface area contributed by atoms with Gasteiger partial charge in [-0.15, -0.1) is 0 Å². The van der Waals surface area contributed by atoms with Crippen molar-refractivity contribution in [3.63, 3.8) is 0 Å². The monoisotopic (exact) mass is 413 g/mol. The molecule has 0 atom stereocenters. The van der Waals surface area contributed by atoms with E-state index in [1.54, 1.807) is 44.5 Å². The summed E-state index contributed by atoms with van der Waals surface area (Å²) in [6, 6.07) is 13.1. The van der Waals surface area contributed by atoms with Crippen molar-refractivity contribution in [2.45, 2.75) is 0 Å². The highest BCUT2D eigenvalue weighted by Gasteiger charge is 2.15. The molecule has 2 N–H and O–H groups in total. The summed E-state index contributed by atoms with van der Waals surface area (Å²) >= 11 is 6.21. The Balaban J connectivity index is 1.84. The first kappa shape index (κ1) is 20.6. The number of benzene rings is 2. The number of carbonyl (C=O) groups is 2. The zero-order valence-corrected chi connectivity index (χ0v) is 16.7. The van der Waals surface area contributed by atoms with Gasteiger partial charge in [0.2, 0.25) is 0 Å². The SMILES string of the molecule is COCCNC(=O)c1ccc(NC(=O)c2cc(=O)n(C)c3ccccc23)cc1Cl. The molecule has 0 spiro atoms. The summed E-state index contributed by atoms with van der Waals surface area (Å²) in [4.78, 5) is 37.1. The number of aryl methyl sites for hydroxylation is 1. The summed E-state index contributed by atoms with van der Waals surface area (Å²) in [6.07, 6.45) is 0. The smallest absolute Gasteiger partial charge is 0.256 e. The molecule has 0 aliphatic heterocycles. The first-order valence-electron chi connectivity index (χ1n) is 8.89. The fraction of sp³-hybridized carbons (Fsp3) is 0.190. The molecular formula is C21H20ClN3O4. The number of fused-ring (bicyclic) bond motifs is 1. The van der Waals surface area contributed by atoms with Gasteiger partial charge in [0, 0.05) is 37.8 Å². The molecule has 0 saturated carbocycles. The van der Waals surface area contributed by atoms with Crippen molar-refractivity contribution in [3.05, 3.63) is 75.0 Å². The second-order valence-corrected chi connectivity index (χ2v) is 6.78. The van der Waals surface area contributed by atoms with Gasteiger partial charge in [0.1, 0.15) is 0 Å². The van der Waals surface area contributed by atoms with Gasteiger partial charge >= 0.3 is 0 Å². The molecule has 0 radical (unpaired) electrons. The predicted molar refractivity (Wildman–Crippen MR) is 113 cm³/mol. The standard InChI is InChI=1S/C21H20ClN3O4/c1-25-18-6-4-3-5-14(18)16(12-19(25)26)21(28)24-13-7-8-15(17(22)11-13)20(27)23-9-10-29-2/h3-8,11-12H,9-10H2,1-2H3,(H,23,27)(H,24,28). The fourth-order valence-corrected chi connectivity index (χ4v) is 3.20. The minimum Gasteiger partial charge on any atom is -0.383 e. The van der Waals surface area contributed by atoms with Crippen LogP contribution in [0, 0.1) is 0 Å². The van der Waals surface area contributed by atoms with Gasteiger partial charge < -0.3 is 19.9 Å². The number of nitrogens with one attached hydrogen (secondary N) is 2. The number of amides is 2. The molecule has 0 unspecified atom stereocenters. The third kappa shape index (κ3) is 4.47. The average Bonchev–Trinajstić information content (AvgIpc) is 2.71. The highest BCUT2D eigenvalue weighted by Crippen LogP contribution is 2.23. The molecule has 8 heteroatoms. The second-order valence-electron chi connectivity index (χ2n) is 6.37. The van der Waals surface area contributed by atoms with Crippen molar-refractivity contribution in [2.24, 2.45) is 7.05 Å². The molecule has 1 aromatic heterocycles. The van der Waals surface area contributed by atoms with Crippen LogP contribution in [0.5, 0.6) is 0 Å². The Labute approximate surface area is 172 Å². The molecule has 0 aliphatic carbocycles. The summed E-state index contributed by atoms with van der Waals surface area (Å²) in [7, 11) is 3.20. The minimum atomic E-state index is -0.438. The Morgan fingerprint density at radius 1 is 1.07 bits per heavy atom. The van der Waals surface area contributed by atoms with Crippen LogP contribution in [0.2, 0.25) is 5.02 Å². The topological polar surface area (TPSA) is 89.4 Å². The van der Waals surface area contributed by atoms with E-state index >= 15 is 0 Å². The molecule has 7 nitrogen and oxygen atoms in total. The fourth-order valence-electron chi connectivity index (χ4n) is 2.94. The minimum absolute atomic E-state index is 0.201. The highest BCUT2D eigenvalue weighted by atomic mass is 35.5. The van der Waals surface area contributed by atoms with E-state index in [-0.39, 0.29) is 22.1 Å². The van der Waals surface area contributed by atoms with Gasteiger partial charge in [-0.05, 0) is 24.3 Å². The van der Waals surface area contributed by atoms with Crippen molar-refractivity contribution in [1.82, 2.24) is 9.88 Å². The van der Waals surface area contributed by atoms with E-state index in [9.17, 15) is 14.4 Å². The molecule has 0 aliphatic rings. The van der Waals surface area contributed by atoms with Crippen molar-refractivity contribution < 1.29 is 14.3 Å². The van der Waals surface area contributed by atoms with E-state index in [0.29, 0.717) is 35.3 Å². The summed E-state index contributed by atoms with van der Waals surface area (Å²) in [5.74, 6) is -0.769. The number of carbonyl (C=O) groups excluding carboxylic acids is 2. The van der Waals surface area contributed by atoms with Crippen molar-refractivity contribution in [3.8, 4) is 0 Å². The zero-order valence-electron chi connectivity index (χ0n) is 16.0. The Kier molecular flexibility index (Phi) is 6.31. The van der Waals surface area contributed by atoms with Gasteiger partial charge in [0.15, 0.2) is 0 Å². The highest BCUT2D eigenvalue weighted by molar-refractivity contribution is 6.34. The van der Waals surface area contributed by atoms with Gasteiger partial charge in [-0.3, -0.25) is 14.4 Å². The number of methoxy groups -OCH3 is 1. The quantitative estimate of drug-likeness (QED) is 0.608. The number of halogens is 1. The lowest BCUT2D eigenvalue weighted by Gasteiger charge is -2.12. The third-order valence-corrected chi connectivity index (χ3v) is 4.77. The van der Waals surface area contributed by atoms with Gasteiger partial charge in [0.25, 0.3) is 17.4 Å². The van der Waals surface area contributed by atoms with Crippen LogP contribution in [-0.4, -0.2) is 36.6 Å². The van der Waals surface area contributed by atoms with E-state index in [2.05, 4.69) is 10.6 Å². The molecule has 0 fully saturated rings. The van der Waals surface area contributed by atoms with Crippen LogP contribution < -0.4 is 16.2 Å². The molecular weight excluding hydrogens is 394 g/mol. The van der Waals surface area contributed by atoms with Crippen LogP contribution in [0.15, 0.2) is 53.3 Å².